The number of rotatable bonds is 6. The summed E-state index contributed by atoms with van der Waals surface area (Å²) in [5, 5.41) is 4.27. The molecule has 2 N–H and O–H groups in total. The van der Waals surface area contributed by atoms with Gasteiger partial charge in [0.25, 0.3) is 5.91 Å². The van der Waals surface area contributed by atoms with Gasteiger partial charge in [0.2, 0.25) is 5.91 Å². The number of para-hydroxylation sites is 2. The molecule has 0 unspecified atom stereocenters. The Morgan fingerprint density at radius 1 is 0.921 bits per heavy atom. The number of aromatic nitrogens is 1. The van der Waals surface area contributed by atoms with Crippen molar-refractivity contribution in [2.45, 2.75) is 50.6 Å². The SMILES string of the molecule is O=C(CN1C(=O)[C@H](Cc2c[nH]c3ccccc23)N=C(c2ccccc2)c2ccccc21)NC1CCCCC1. The molecule has 1 aromatic heterocycles. The maximum atomic E-state index is 14.2. The summed E-state index contributed by atoms with van der Waals surface area (Å²) in [5.74, 6) is -0.276. The van der Waals surface area contributed by atoms with E-state index < -0.39 is 6.04 Å². The van der Waals surface area contributed by atoms with E-state index >= 15 is 0 Å². The fourth-order valence-electron chi connectivity index (χ4n) is 5.78. The van der Waals surface area contributed by atoms with E-state index in [1.165, 1.54) is 6.42 Å². The monoisotopic (exact) mass is 504 g/mol. The highest BCUT2D eigenvalue weighted by Gasteiger charge is 2.34. The molecule has 6 rings (SSSR count). The molecule has 0 bridgehead atoms. The highest BCUT2D eigenvalue weighted by Crippen LogP contribution is 2.30. The molecule has 6 heteroatoms. The van der Waals surface area contributed by atoms with Crippen LogP contribution in [-0.4, -0.2) is 41.1 Å². The largest absolute Gasteiger partial charge is 0.361 e. The third-order valence-electron chi connectivity index (χ3n) is 7.69. The summed E-state index contributed by atoms with van der Waals surface area (Å²) < 4.78 is 0. The first-order chi connectivity index (χ1) is 18.7. The fraction of sp³-hybridized carbons (Fsp3) is 0.281. The van der Waals surface area contributed by atoms with Crippen molar-refractivity contribution in [2.24, 2.45) is 4.99 Å². The van der Waals surface area contributed by atoms with Gasteiger partial charge in [0.15, 0.2) is 0 Å². The Morgan fingerprint density at radius 2 is 1.66 bits per heavy atom. The van der Waals surface area contributed by atoms with Gasteiger partial charge in [-0.15, -0.1) is 0 Å². The molecular formula is C32H32N4O2. The summed E-state index contributed by atoms with van der Waals surface area (Å²) in [4.78, 5) is 37.5. The summed E-state index contributed by atoms with van der Waals surface area (Å²) >= 11 is 0. The molecule has 0 spiro atoms. The number of anilines is 1. The molecule has 38 heavy (non-hydrogen) atoms. The van der Waals surface area contributed by atoms with E-state index in [1.54, 1.807) is 4.90 Å². The first kappa shape index (κ1) is 24.2. The number of benzene rings is 3. The lowest BCUT2D eigenvalue weighted by Crippen LogP contribution is -2.47. The molecular weight excluding hydrogens is 472 g/mol. The topological polar surface area (TPSA) is 77.6 Å². The minimum absolute atomic E-state index is 0.0195. The number of benzodiazepines with no additional fused rings is 1. The maximum absolute atomic E-state index is 14.2. The second-order valence-electron chi connectivity index (χ2n) is 10.3. The summed E-state index contributed by atoms with van der Waals surface area (Å²) in [5.41, 5.74) is 5.37. The standard InChI is InChI=1S/C32H32N4O2/c37-30(34-24-13-5-2-6-14-24)21-36-29-18-10-8-16-26(29)31(22-11-3-1-4-12-22)35-28(32(36)38)19-23-20-33-27-17-9-7-15-25(23)27/h1,3-4,7-12,15-18,20,24,28,33H,2,5-6,13-14,19,21H2,(H,34,37)/t28-/m0/s1. The second kappa shape index (κ2) is 10.7. The van der Waals surface area contributed by atoms with E-state index in [2.05, 4.69) is 16.4 Å². The number of aliphatic imine (C=N–C) groups is 1. The average molecular weight is 505 g/mol. The Morgan fingerprint density at radius 3 is 2.50 bits per heavy atom. The van der Waals surface area contributed by atoms with Crippen LogP contribution in [0.3, 0.4) is 0 Å². The zero-order chi connectivity index (χ0) is 25.9. The summed E-state index contributed by atoms with van der Waals surface area (Å²) in [7, 11) is 0. The van der Waals surface area contributed by atoms with Crippen LogP contribution < -0.4 is 10.2 Å². The van der Waals surface area contributed by atoms with E-state index in [9.17, 15) is 9.59 Å². The van der Waals surface area contributed by atoms with Gasteiger partial charge < -0.3 is 15.2 Å². The Bertz CT molecular complexity index is 1480. The van der Waals surface area contributed by atoms with Crippen LogP contribution in [0.25, 0.3) is 10.9 Å². The fourth-order valence-corrected chi connectivity index (χ4v) is 5.78. The van der Waals surface area contributed by atoms with Crippen LogP contribution in [0.4, 0.5) is 5.69 Å². The molecule has 2 amide bonds. The van der Waals surface area contributed by atoms with Crippen LogP contribution in [0.5, 0.6) is 0 Å². The van der Waals surface area contributed by atoms with Crippen LogP contribution in [0.15, 0.2) is 90.1 Å². The molecule has 2 aliphatic rings. The van der Waals surface area contributed by atoms with Crippen LogP contribution >= 0.6 is 0 Å². The van der Waals surface area contributed by atoms with Crippen LogP contribution in [0.1, 0.15) is 48.8 Å². The number of aromatic amines is 1. The Kier molecular flexibility index (Phi) is 6.78. The van der Waals surface area contributed by atoms with Gasteiger partial charge in [0.05, 0.1) is 11.4 Å². The number of amides is 2. The number of nitrogens with zero attached hydrogens (tertiary/aromatic N) is 2. The molecule has 192 valence electrons. The smallest absolute Gasteiger partial charge is 0.252 e. The van der Waals surface area contributed by atoms with Gasteiger partial charge in [0.1, 0.15) is 12.6 Å². The highest BCUT2D eigenvalue weighted by atomic mass is 16.2. The molecule has 1 fully saturated rings. The molecule has 4 aromatic rings. The van der Waals surface area contributed by atoms with Gasteiger partial charge in [-0.1, -0.05) is 86.0 Å². The summed E-state index contributed by atoms with van der Waals surface area (Å²) in [6.07, 6.45) is 7.90. The summed E-state index contributed by atoms with van der Waals surface area (Å²) in [6.45, 7) is -0.0195. The van der Waals surface area contributed by atoms with Crippen molar-refractivity contribution in [3.63, 3.8) is 0 Å². The van der Waals surface area contributed by atoms with Crippen molar-refractivity contribution in [3.8, 4) is 0 Å². The van der Waals surface area contributed by atoms with E-state index in [1.807, 2.05) is 79.0 Å². The molecule has 1 aliphatic carbocycles. The van der Waals surface area contributed by atoms with Gasteiger partial charge >= 0.3 is 0 Å². The zero-order valence-electron chi connectivity index (χ0n) is 21.4. The van der Waals surface area contributed by atoms with Crippen molar-refractivity contribution in [1.29, 1.82) is 0 Å². The second-order valence-corrected chi connectivity index (χ2v) is 10.3. The molecule has 0 saturated heterocycles. The third kappa shape index (κ3) is 4.86. The van der Waals surface area contributed by atoms with E-state index in [4.69, 9.17) is 4.99 Å². The quantitative estimate of drug-likeness (QED) is 0.368. The van der Waals surface area contributed by atoms with Crippen LogP contribution in [0.2, 0.25) is 0 Å². The number of fused-ring (bicyclic) bond motifs is 2. The summed E-state index contributed by atoms with van der Waals surface area (Å²) in [6, 6.07) is 25.4. The van der Waals surface area contributed by atoms with Crippen LogP contribution in [0, 0.1) is 0 Å². The first-order valence-electron chi connectivity index (χ1n) is 13.6. The number of nitrogens with one attached hydrogen (secondary N) is 2. The van der Waals surface area contributed by atoms with Gasteiger partial charge in [-0.25, -0.2) is 0 Å². The molecule has 1 aliphatic heterocycles. The van der Waals surface area contributed by atoms with Gasteiger partial charge in [0, 0.05) is 40.7 Å². The Labute approximate surface area is 222 Å². The number of carbonyl (C=O) groups excluding carboxylic acids is 2. The minimum Gasteiger partial charge on any atom is -0.361 e. The number of H-pyrrole nitrogens is 1. The van der Waals surface area contributed by atoms with E-state index in [-0.39, 0.29) is 24.4 Å². The number of hydrogen-bond donors (Lipinski definition) is 2. The van der Waals surface area contributed by atoms with Gasteiger partial charge in [-0.05, 0) is 30.5 Å². The molecule has 3 aromatic carbocycles. The van der Waals surface area contributed by atoms with Crippen molar-refractivity contribution >= 4 is 34.1 Å². The Balaban J connectivity index is 1.39. The molecule has 1 saturated carbocycles. The molecule has 1 atom stereocenters. The third-order valence-corrected chi connectivity index (χ3v) is 7.69. The van der Waals surface area contributed by atoms with Crippen molar-refractivity contribution in [1.82, 2.24) is 10.3 Å². The Hall–Kier alpha value is -4.19. The number of hydrogen-bond acceptors (Lipinski definition) is 3. The number of carbonyl (C=O) groups is 2. The molecule has 2 heterocycles. The van der Waals surface area contributed by atoms with Crippen molar-refractivity contribution in [2.75, 3.05) is 11.4 Å². The normalized spacial score (nSPS) is 18.1. The predicted molar refractivity (Wildman–Crippen MR) is 152 cm³/mol. The van der Waals surface area contributed by atoms with Gasteiger partial charge in [-0.2, -0.15) is 0 Å². The van der Waals surface area contributed by atoms with E-state index in [0.717, 1.165) is 64.7 Å². The van der Waals surface area contributed by atoms with Crippen molar-refractivity contribution < 1.29 is 9.59 Å². The van der Waals surface area contributed by atoms with Crippen molar-refractivity contribution in [3.05, 3.63) is 102 Å². The lowest BCUT2D eigenvalue weighted by molar-refractivity contribution is -0.124. The van der Waals surface area contributed by atoms with Gasteiger partial charge in [-0.3, -0.25) is 14.6 Å². The molecule has 0 radical (unpaired) electrons. The molecule has 6 nitrogen and oxygen atoms in total. The first-order valence-corrected chi connectivity index (χ1v) is 13.6. The van der Waals surface area contributed by atoms with Crippen LogP contribution in [-0.2, 0) is 16.0 Å². The lowest BCUT2D eigenvalue weighted by Gasteiger charge is -2.27. The zero-order valence-corrected chi connectivity index (χ0v) is 21.4. The maximum Gasteiger partial charge on any atom is 0.252 e. The minimum atomic E-state index is -0.667. The lowest BCUT2D eigenvalue weighted by atomic mass is 9.95. The highest BCUT2D eigenvalue weighted by molar-refractivity contribution is 6.20. The average Bonchev–Trinajstić information content (AvgIpc) is 3.33. The van der Waals surface area contributed by atoms with E-state index in [0.29, 0.717) is 6.42 Å². The predicted octanol–water partition coefficient (Wildman–Crippen LogP) is 5.41.